The third-order valence-electron chi connectivity index (χ3n) is 3.50. The van der Waals surface area contributed by atoms with Crippen molar-refractivity contribution in [3.63, 3.8) is 0 Å². The van der Waals surface area contributed by atoms with Crippen LogP contribution in [0.25, 0.3) is 0 Å². The van der Waals surface area contributed by atoms with Gasteiger partial charge in [-0.2, -0.15) is 0 Å². The molecular weight excluding hydrogens is 266 g/mol. The molecule has 0 atom stereocenters. The van der Waals surface area contributed by atoms with Gasteiger partial charge >= 0.3 is 5.97 Å². The van der Waals surface area contributed by atoms with E-state index >= 15 is 0 Å². The van der Waals surface area contributed by atoms with Crippen LogP contribution in [-0.2, 0) is 16.0 Å². The van der Waals surface area contributed by atoms with Crippen molar-refractivity contribution >= 4 is 11.9 Å². The van der Waals surface area contributed by atoms with Gasteiger partial charge in [-0.05, 0) is 37.8 Å². The molecule has 1 aromatic carbocycles. The van der Waals surface area contributed by atoms with E-state index in [9.17, 15) is 9.59 Å². The number of carboxylic acids is 1. The van der Waals surface area contributed by atoms with Crippen LogP contribution in [0.4, 0.5) is 0 Å². The first-order valence-electron chi connectivity index (χ1n) is 7.53. The van der Waals surface area contributed by atoms with Crippen molar-refractivity contribution in [2.75, 3.05) is 6.54 Å². The molecule has 2 N–H and O–H groups in total. The second-order valence-corrected chi connectivity index (χ2v) is 5.51. The molecule has 1 aromatic rings. The number of hydrogen-bond acceptors (Lipinski definition) is 2. The van der Waals surface area contributed by atoms with Gasteiger partial charge in [-0.15, -0.1) is 0 Å². The van der Waals surface area contributed by atoms with Gasteiger partial charge in [0.05, 0.1) is 6.42 Å². The predicted molar refractivity (Wildman–Crippen MR) is 83.4 cm³/mol. The maximum atomic E-state index is 11.9. The largest absolute Gasteiger partial charge is 0.481 e. The zero-order chi connectivity index (χ0) is 15.7. The Kier molecular flexibility index (Phi) is 7.51. The van der Waals surface area contributed by atoms with E-state index in [0.717, 1.165) is 30.4 Å². The molecule has 0 spiro atoms. The first kappa shape index (κ1) is 17.2. The van der Waals surface area contributed by atoms with E-state index in [0.29, 0.717) is 19.4 Å². The lowest BCUT2D eigenvalue weighted by Crippen LogP contribution is -2.26. The van der Waals surface area contributed by atoms with Crippen molar-refractivity contribution in [1.29, 1.82) is 0 Å². The van der Waals surface area contributed by atoms with Crippen molar-refractivity contribution in [2.24, 2.45) is 0 Å². The molecule has 0 aliphatic carbocycles. The first-order valence-corrected chi connectivity index (χ1v) is 7.53. The van der Waals surface area contributed by atoms with Gasteiger partial charge in [-0.1, -0.05) is 36.6 Å². The summed E-state index contributed by atoms with van der Waals surface area (Å²) in [5.41, 5.74) is 3.39. The summed E-state index contributed by atoms with van der Waals surface area (Å²) in [5, 5.41) is 11.4. The van der Waals surface area contributed by atoms with Crippen molar-refractivity contribution in [2.45, 2.75) is 52.4 Å². The van der Waals surface area contributed by atoms with E-state index in [1.807, 2.05) is 26.0 Å². The van der Waals surface area contributed by atoms with Gasteiger partial charge in [0.25, 0.3) is 0 Å². The Bertz CT molecular complexity index is 483. The maximum Gasteiger partial charge on any atom is 0.303 e. The molecule has 0 unspecified atom stereocenters. The number of carboxylic acid groups (broad SMARTS) is 1. The van der Waals surface area contributed by atoms with Crippen LogP contribution < -0.4 is 5.32 Å². The molecule has 0 saturated heterocycles. The first-order chi connectivity index (χ1) is 9.99. The van der Waals surface area contributed by atoms with Gasteiger partial charge in [0.2, 0.25) is 5.91 Å². The number of nitrogens with one attached hydrogen (secondary N) is 1. The molecule has 0 fully saturated rings. The molecule has 0 aliphatic heterocycles. The average molecular weight is 291 g/mol. The number of rotatable bonds is 9. The van der Waals surface area contributed by atoms with Crippen LogP contribution in [-0.4, -0.2) is 23.5 Å². The Hall–Kier alpha value is -1.84. The van der Waals surface area contributed by atoms with Crippen LogP contribution in [0, 0.1) is 13.8 Å². The molecule has 0 aromatic heterocycles. The minimum absolute atomic E-state index is 0.0502. The van der Waals surface area contributed by atoms with Crippen LogP contribution in [0.5, 0.6) is 0 Å². The smallest absolute Gasteiger partial charge is 0.303 e. The molecular formula is C17H25NO3. The molecule has 0 radical (unpaired) electrons. The normalized spacial score (nSPS) is 10.4. The van der Waals surface area contributed by atoms with E-state index in [4.69, 9.17) is 5.11 Å². The standard InChI is InChI=1S/C17H25NO3/c1-13-8-9-14(2)15(11-13)12-16(19)18-10-6-4-3-5-7-17(20)21/h8-9,11H,3-7,10,12H2,1-2H3,(H,18,19)(H,20,21). The second-order valence-electron chi connectivity index (χ2n) is 5.51. The zero-order valence-corrected chi connectivity index (χ0v) is 12.9. The number of aryl methyl sites for hydroxylation is 2. The minimum atomic E-state index is -0.739. The summed E-state index contributed by atoms with van der Waals surface area (Å²) in [7, 11) is 0. The van der Waals surface area contributed by atoms with Crippen LogP contribution in [0.1, 0.15) is 48.8 Å². The van der Waals surface area contributed by atoms with Crippen LogP contribution in [0.3, 0.4) is 0 Å². The summed E-state index contributed by atoms with van der Waals surface area (Å²) in [6.07, 6.45) is 4.13. The number of aliphatic carboxylic acids is 1. The molecule has 0 aliphatic rings. The number of hydrogen-bond donors (Lipinski definition) is 2. The number of unbranched alkanes of at least 4 members (excludes halogenated alkanes) is 3. The maximum absolute atomic E-state index is 11.9. The third-order valence-corrected chi connectivity index (χ3v) is 3.50. The summed E-state index contributed by atoms with van der Waals surface area (Å²) >= 11 is 0. The number of benzene rings is 1. The molecule has 116 valence electrons. The Morgan fingerprint density at radius 3 is 2.52 bits per heavy atom. The number of amides is 1. The lowest BCUT2D eigenvalue weighted by Gasteiger charge is -2.08. The molecule has 0 saturated carbocycles. The fourth-order valence-corrected chi connectivity index (χ4v) is 2.21. The van der Waals surface area contributed by atoms with Crippen molar-refractivity contribution < 1.29 is 14.7 Å². The monoisotopic (exact) mass is 291 g/mol. The lowest BCUT2D eigenvalue weighted by atomic mass is 10.0. The third kappa shape index (κ3) is 7.49. The minimum Gasteiger partial charge on any atom is -0.481 e. The van der Waals surface area contributed by atoms with E-state index in [-0.39, 0.29) is 12.3 Å². The predicted octanol–water partition coefficient (Wildman–Crippen LogP) is 3.00. The average Bonchev–Trinajstić information content (AvgIpc) is 2.41. The number of carbonyl (C=O) groups excluding carboxylic acids is 1. The highest BCUT2D eigenvalue weighted by molar-refractivity contribution is 5.78. The molecule has 1 rings (SSSR count). The quantitative estimate of drug-likeness (QED) is 0.687. The SMILES string of the molecule is Cc1ccc(C)c(CC(=O)NCCCCCCC(=O)O)c1. The highest BCUT2D eigenvalue weighted by atomic mass is 16.4. The Morgan fingerprint density at radius 2 is 1.81 bits per heavy atom. The Balaban J connectivity index is 2.17. The summed E-state index contributed by atoms with van der Waals surface area (Å²) in [6.45, 7) is 4.71. The molecule has 21 heavy (non-hydrogen) atoms. The molecule has 4 nitrogen and oxygen atoms in total. The molecule has 1 amide bonds. The van der Waals surface area contributed by atoms with Crippen LogP contribution >= 0.6 is 0 Å². The molecule has 0 heterocycles. The Morgan fingerprint density at radius 1 is 1.10 bits per heavy atom. The van der Waals surface area contributed by atoms with E-state index in [1.54, 1.807) is 0 Å². The van der Waals surface area contributed by atoms with Gasteiger partial charge in [0.15, 0.2) is 0 Å². The van der Waals surface area contributed by atoms with E-state index in [1.165, 1.54) is 5.56 Å². The lowest BCUT2D eigenvalue weighted by molar-refractivity contribution is -0.137. The van der Waals surface area contributed by atoms with Crippen molar-refractivity contribution in [1.82, 2.24) is 5.32 Å². The zero-order valence-electron chi connectivity index (χ0n) is 12.9. The highest BCUT2D eigenvalue weighted by Gasteiger charge is 2.05. The van der Waals surface area contributed by atoms with Gasteiger partial charge in [0, 0.05) is 13.0 Å². The fraction of sp³-hybridized carbons (Fsp3) is 0.529. The summed E-state index contributed by atoms with van der Waals surface area (Å²) < 4.78 is 0. The summed E-state index contributed by atoms with van der Waals surface area (Å²) in [5.74, 6) is -0.689. The van der Waals surface area contributed by atoms with Gasteiger partial charge in [-0.25, -0.2) is 0 Å². The topological polar surface area (TPSA) is 66.4 Å². The number of carbonyl (C=O) groups is 2. The summed E-state index contributed by atoms with van der Waals surface area (Å²) in [4.78, 5) is 22.2. The van der Waals surface area contributed by atoms with Gasteiger partial charge < -0.3 is 10.4 Å². The molecule has 4 heteroatoms. The van der Waals surface area contributed by atoms with Crippen LogP contribution in [0.15, 0.2) is 18.2 Å². The summed E-state index contributed by atoms with van der Waals surface area (Å²) in [6, 6.07) is 6.15. The van der Waals surface area contributed by atoms with Crippen molar-refractivity contribution in [3.8, 4) is 0 Å². The van der Waals surface area contributed by atoms with Crippen molar-refractivity contribution in [3.05, 3.63) is 34.9 Å². The second kappa shape index (κ2) is 9.16. The van der Waals surface area contributed by atoms with E-state index < -0.39 is 5.97 Å². The fourth-order valence-electron chi connectivity index (χ4n) is 2.21. The Labute approximate surface area is 126 Å². The van der Waals surface area contributed by atoms with E-state index in [2.05, 4.69) is 11.4 Å². The van der Waals surface area contributed by atoms with Gasteiger partial charge in [0.1, 0.15) is 0 Å². The van der Waals surface area contributed by atoms with Crippen LogP contribution in [0.2, 0.25) is 0 Å². The molecule has 0 bridgehead atoms. The highest BCUT2D eigenvalue weighted by Crippen LogP contribution is 2.11. The van der Waals surface area contributed by atoms with Gasteiger partial charge in [-0.3, -0.25) is 9.59 Å².